The molecule has 1 fully saturated rings. The number of carbonyl (C=O) groups excluding carboxylic acids is 1. The summed E-state index contributed by atoms with van der Waals surface area (Å²) in [5, 5.41) is 0. The van der Waals surface area contributed by atoms with E-state index < -0.39 is 11.5 Å². The Bertz CT molecular complexity index is 481. The van der Waals surface area contributed by atoms with Gasteiger partial charge in [-0.05, 0) is 43.9 Å². The normalized spacial score (nSPS) is 35.0. The molecule has 1 amide bonds. The molecule has 0 bridgehead atoms. The Hall–Kier alpha value is -1.33. The molecule has 1 saturated heterocycles. The predicted molar refractivity (Wildman–Crippen MR) is 71.5 cm³/mol. The molecule has 1 aliphatic heterocycles. The van der Waals surface area contributed by atoms with Gasteiger partial charge in [0.15, 0.2) is 5.60 Å². The van der Waals surface area contributed by atoms with Gasteiger partial charge in [0.2, 0.25) is 0 Å². The second-order valence-corrected chi connectivity index (χ2v) is 5.72. The maximum atomic E-state index is 11.6. The van der Waals surface area contributed by atoms with E-state index in [4.69, 9.17) is 21.2 Å². The maximum Gasteiger partial charge on any atom is 0.261 e. The maximum absolute atomic E-state index is 11.6. The van der Waals surface area contributed by atoms with Gasteiger partial charge in [-0.15, -0.1) is 0 Å². The van der Waals surface area contributed by atoms with Crippen molar-refractivity contribution < 1.29 is 14.4 Å². The van der Waals surface area contributed by atoms with Crippen molar-refractivity contribution in [3.8, 4) is 0 Å². The summed E-state index contributed by atoms with van der Waals surface area (Å²) in [5.41, 5.74) is 7.77. The van der Waals surface area contributed by atoms with E-state index in [-0.39, 0.29) is 12.0 Å². The van der Waals surface area contributed by atoms with Crippen LogP contribution < -0.4 is 11.6 Å². The van der Waals surface area contributed by atoms with Gasteiger partial charge in [-0.2, -0.15) is 0 Å². The second-order valence-electron chi connectivity index (χ2n) is 5.72. The first-order chi connectivity index (χ1) is 8.81. The Balaban J connectivity index is 2.45. The molecule has 1 aliphatic carbocycles. The quantitative estimate of drug-likeness (QED) is 0.742. The summed E-state index contributed by atoms with van der Waals surface area (Å²) in [6.07, 6.45) is 1.21. The van der Waals surface area contributed by atoms with E-state index in [0.717, 1.165) is 28.9 Å². The Morgan fingerprint density at radius 3 is 2.58 bits per heavy atom. The topological polar surface area (TPSA) is 87.6 Å². The van der Waals surface area contributed by atoms with Gasteiger partial charge in [0.05, 0.1) is 0 Å². The summed E-state index contributed by atoms with van der Waals surface area (Å²) in [5.74, 6) is 5.90. The van der Waals surface area contributed by atoms with Crippen molar-refractivity contribution >= 4 is 5.91 Å². The van der Waals surface area contributed by atoms with E-state index >= 15 is 0 Å². The fourth-order valence-corrected chi connectivity index (χ4v) is 2.88. The summed E-state index contributed by atoms with van der Waals surface area (Å²) in [6, 6.07) is 0. The zero-order chi connectivity index (χ0) is 14.4. The van der Waals surface area contributed by atoms with Crippen LogP contribution in [0, 0.1) is 5.92 Å². The third-order valence-electron chi connectivity index (χ3n) is 4.52. The molecule has 0 radical (unpaired) electrons. The lowest BCUT2D eigenvalue weighted by atomic mass is 9.78. The molecule has 1 heterocycles. The lowest BCUT2D eigenvalue weighted by molar-refractivity contribution is -0.139. The molecule has 0 aromatic rings. The second kappa shape index (κ2) is 4.65. The number of primary amides is 1. The average molecular weight is 266 g/mol. The molecule has 0 saturated carbocycles. The van der Waals surface area contributed by atoms with Gasteiger partial charge in [-0.1, -0.05) is 6.92 Å². The lowest BCUT2D eigenvalue weighted by Crippen LogP contribution is -2.47. The standard InChI is InChI=1S/C14H22N2O3/c1-7-8(2)12-10(9(3)11(7)19-16)5-6-14(4,18-12)13(15)17/h7,11H,5-6,16H2,1-4H3,(H2,15,17). The summed E-state index contributed by atoms with van der Waals surface area (Å²) >= 11 is 0. The van der Waals surface area contributed by atoms with E-state index in [0.29, 0.717) is 6.42 Å². The lowest BCUT2D eigenvalue weighted by Gasteiger charge is -2.41. The van der Waals surface area contributed by atoms with E-state index in [9.17, 15) is 4.79 Å². The average Bonchev–Trinajstić information content (AvgIpc) is 2.36. The summed E-state index contributed by atoms with van der Waals surface area (Å²) in [7, 11) is 0. The zero-order valence-corrected chi connectivity index (χ0v) is 11.9. The summed E-state index contributed by atoms with van der Waals surface area (Å²) in [4.78, 5) is 16.7. The molecule has 0 aromatic heterocycles. The van der Waals surface area contributed by atoms with Gasteiger partial charge in [0.25, 0.3) is 5.91 Å². The molecule has 2 aliphatic rings. The third kappa shape index (κ3) is 2.07. The van der Waals surface area contributed by atoms with Gasteiger partial charge in [-0.3, -0.25) is 9.63 Å². The molecule has 3 unspecified atom stereocenters. The number of nitrogens with two attached hydrogens (primary N) is 2. The highest BCUT2D eigenvalue weighted by molar-refractivity contribution is 5.83. The van der Waals surface area contributed by atoms with E-state index in [2.05, 4.69) is 0 Å². The predicted octanol–water partition coefficient (Wildman–Crippen LogP) is 1.54. The van der Waals surface area contributed by atoms with Crippen molar-refractivity contribution in [1.82, 2.24) is 0 Å². The Kier molecular flexibility index (Phi) is 3.45. The zero-order valence-electron chi connectivity index (χ0n) is 11.9. The molecular weight excluding hydrogens is 244 g/mol. The van der Waals surface area contributed by atoms with Crippen molar-refractivity contribution in [3.05, 3.63) is 22.5 Å². The van der Waals surface area contributed by atoms with Crippen LogP contribution in [0.4, 0.5) is 0 Å². The van der Waals surface area contributed by atoms with Crippen LogP contribution in [0.2, 0.25) is 0 Å². The molecule has 0 spiro atoms. The first-order valence-electron chi connectivity index (χ1n) is 6.57. The van der Waals surface area contributed by atoms with Crippen molar-refractivity contribution in [3.63, 3.8) is 0 Å². The van der Waals surface area contributed by atoms with Crippen LogP contribution in [0.1, 0.15) is 40.5 Å². The number of amides is 1. The number of allylic oxidation sites excluding steroid dienone is 1. The molecule has 19 heavy (non-hydrogen) atoms. The molecule has 5 heteroatoms. The molecule has 4 N–H and O–H groups in total. The minimum absolute atomic E-state index is 0.124. The van der Waals surface area contributed by atoms with E-state index in [1.165, 1.54) is 0 Å². The van der Waals surface area contributed by atoms with Crippen LogP contribution in [0.5, 0.6) is 0 Å². The van der Waals surface area contributed by atoms with Crippen LogP contribution in [0.15, 0.2) is 22.5 Å². The molecule has 106 valence electrons. The van der Waals surface area contributed by atoms with Crippen LogP contribution in [0.3, 0.4) is 0 Å². The highest BCUT2D eigenvalue weighted by Gasteiger charge is 2.43. The van der Waals surface area contributed by atoms with Gasteiger partial charge >= 0.3 is 0 Å². The van der Waals surface area contributed by atoms with Crippen LogP contribution in [-0.4, -0.2) is 17.6 Å². The smallest absolute Gasteiger partial charge is 0.261 e. The number of carbonyl (C=O) groups is 1. The number of rotatable bonds is 2. The van der Waals surface area contributed by atoms with E-state index in [1.807, 2.05) is 20.8 Å². The number of fused-ring (bicyclic) bond motifs is 1. The first kappa shape index (κ1) is 14.1. The minimum Gasteiger partial charge on any atom is -0.478 e. The fourth-order valence-electron chi connectivity index (χ4n) is 2.88. The first-order valence-corrected chi connectivity index (χ1v) is 6.57. The molecule has 3 atom stereocenters. The highest BCUT2D eigenvalue weighted by Crippen LogP contribution is 2.44. The largest absolute Gasteiger partial charge is 0.478 e. The van der Waals surface area contributed by atoms with Crippen molar-refractivity contribution in [2.75, 3.05) is 0 Å². The van der Waals surface area contributed by atoms with Crippen molar-refractivity contribution in [2.24, 2.45) is 17.5 Å². The summed E-state index contributed by atoms with van der Waals surface area (Å²) < 4.78 is 5.94. The Labute approximate surface area is 113 Å². The monoisotopic (exact) mass is 266 g/mol. The molecular formula is C14H22N2O3. The third-order valence-corrected chi connectivity index (χ3v) is 4.52. The highest BCUT2D eigenvalue weighted by atomic mass is 16.6. The van der Waals surface area contributed by atoms with Crippen molar-refractivity contribution in [2.45, 2.75) is 52.2 Å². The van der Waals surface area contributed by atoms with E-state index in [1.54, 1.807) is 6.92 Å². The molecule has 0 aromatic carbocycles. The number of hydrogen-bond donors (Lipinski definition) is 2. The molecule has 5 nitrogen and oxygen atoms in total. The Morgan fingerprint density at radius 2 is 2.05 bits per heavy atom. The fraction of sp³-hybridized carbons (Fsp3) is 0.643. The minimum atomic E-state index is -0.920. The van der Waals surface area contributed by atoms with Gasteiger partial charge in [0.1, 0.15) is 11.9 Å². The van der Waals surface area contributed by atoms with Crippen LogP contribution in [0.25, 0.3) is 0 Å². The number of ether oxygens (including phenoxy) is 1. The molecule has 2 rings (SSSR count). The van der Waals surface area contributed by atoms with Gasteiger partial charge in [0, 0.05) is 12.3 Å². The van der Waals surface area contributed by atoms with Crippen molar-refractivity contribution in [1.29, 1.82) is 0 Å². The van der Waals surface area contributed by atoms with Crippen LogP contribution in [-0.2, 0) is 14.4 Å². The number of hydrogen-bond acceptors (Lipinski definition) is 4. The summed E-state index contributed by atoms with van der Waals surface area (Å²) in [6.45, 7) is 7.79. The van der Waals surface area contributed by atoms with Gasteiger partial charge < -0.3 is 10.5 Å². The van der Waals surface area contributed by atoms with Crippen LogP contribution >= 0.6 is 0 Å². The Morgan fingerprint density at radius 1 is 1.42 bits per heavy atom. The van der Waals surface area contributed by atoms with Gasteiger partial charge in [-0.25, -0.2) is 5.90 Å². The SMILES string of the molecule is CC1=C2OC(C)(C(N)=O)CCC2=C(C)C(ON)C1C.